The van der Waals surface area contributed by atoms with E-state index in [2.05, 4.69) is 5.43 Å². The highest BCUT2D eigenvalue weighted by atomic mass is 16.5. The average molecular weight is 184 g/mol. The van der Waals surface area contributed by atoms with Gasteiger partial charge in [0.1, 0.15) is 0 Å². The van der Waals surface area contributed by atoms with Crippen LogP contribution in [-0.4, -0.2) is 37.2 Å². The lowest BCUT2D eigenvalue weighted by Gasteiger charge is -2.26. The maximum absolute atomic E-state index is 11.2. The summed E-state index contributed by atoms with van der Waals surface area (Å²) in [6.07, 6.45) is 4.29. The molecule has 0 spiro atoms. The summed E-state index contributed by atoms with van der Waals surface area (Å²) < 4.78 is 5.15. The van der Waals surface area contributed by atoms with Crippen LogP contribution in [0.2, 0.25) is 0 Å². The molecule has 1 N–H and O–H groups in total. The van der Waals surface area contributed by atoms with Crippen LogP contribution in [0.4, 0.5) is 0 Å². The van der Waals surface area contributed by atoms with Crippen molar-refractivity contribution in [2.24, 2.45) is 0 Å². The number of ether oxygens (including phenoxy) is 1. The number of nitrogens with zero attached hydrogens (tertiary/aromatic N) is 1. The van der Waals surface area contributed by atoms with Crippen molar-refractivity contribution in [2.75, 3.05) is 26.3 Å². The van der Waals surface area contributed by atoms with Gasteiger partial charge in [-0.15, -0.1) is 0 Å². The largest absolute Gasteiger partial charge is 0.379 e. The Morgan fingerprint density at radius 3 is 2.85 bits per heavy atom. The Bertz CT molecular complexity index is 186. The fourth-order valence-corrected chi connectivity index (χ4v) is 1.09. The third-order valence-corrected chi connectivity index (χ3v) is 1.78. The van der Waals surface area contributed by atoms with Gasteiger partial charge in [-0.3, -0.25) is 10.2 Å². The molecule has 1 fully saturated rings. The van der Waals surface area contributed by atoms with Crippen LogP contribution in [0.25, 0.3) is 0 Å². The molecule has 74 valence electrons. The molecule has 1 heterocycles. The van der Waals surface area contributed by atoms with Crippen LogP contribution >= 0.6 is 0 Å². The number of carbonyl (C=O) groups is 1. The molecular formula is C9H16N2O2. The Morgan fingerprint density at radius 1 is 1.54 bits per heavy atom. The van der Waals surface area contributed by atoms with Gasteiger partial charge in [-0.2, -0.15) is 0 Å². The molecular weight excluding hydrogens is 168 g/mol. The van der Waals surface area contributed by atoms with Crippen LogP contribution in [0.15, 0.2) is 12.2 Å². The molecule has 0 aliphatic carbocycles. The Balaban J connectivity index is 2.22. The number of carbonyl (C=O) groups excluding carboxylic acids is 1. The average Bonchev–Trinajstić information content (AvgIpc) is 2.16. The van der Waals surface area contributed by atoms with Crippen LogP contribution in [0, 0.1) is 0 Å². The summed E-state index contributed by atoms with van der Waals surface area (Å²) in [5.74, 6) is -0.0521. The predicted octanol–water partition coefficient (Wildman–Crippen LogP) is 0.316. The smallest absolute Gasteiger partial charge is 0.257 e. The maximum atomic E-state index is 11.2. The fraction of sp³-hybridized carbons (Fsp3) is 0.667. The van der Waals surface area contributed by atoms with E-state index in [1.165, 1.54) is 0 Å². The van der Waals surface area contributed by atoms with Crippen LogP contribution in [0.1, 0.15) is 13.3 Å². The zero-order valence-corrected chi connectivity index (χ0v) is 7.95. The van der Waals surface area contributed by atoms with Gasteiger partial charge in [-0.05, 0) is 6.42 Å². The minimum Gasteiger partial charge on any atom is -0.379 e. The van der Waals surface area contributed by atoms with E-state index in [0.29, 0.717) is 13.2 Å². The van der Waals surface area contributed by atoms with E-state index in [9.17, 15) is 4.79 Å². The van der Waals surface area contributed by atoms with Gasteiger partial charge in [0.25, 0.3) is 5.91 Å². The first-order valence-corrected chi connectivity index (χ1v) is 4.62. The van der Waals surface area contributed by atoms with Crippen molar-refractivity contribution in [2.45, 2.75) is 13.3 Å². The minimum absolute atomic E-state index is 0.0521. The Labute approximate surface area is 78.5 Å². The number of amides is 1. The van der Waals surface area contributed by atoms with E-state index in [1.54, 1.807) is 6.08 Å². The van der Waals surface area contributed by atoms with Crippen molar-refractivity contribution >= 4 is 5.91 Å². The summed E-state index contributed by atoms with van der Waals surface area (Å²) >= 11 is 0. The first kappa shape index (κ1) is 10.2. The third kappa shape index (κ3) is 4.05. The van der Waals surface area contributed by atoms with Crippen molar-refractivity contribution in [3.05, 3.63) is 12.2 Å². The molecule has 1 aliphatic heterocycles. The first-order valence-electron chi connectivity index (χ1n) is 4.62. The molecule has 1 amide bonds. The number of rotatable bonds is 3. The molecule has 0 radical (unpaired) electrons. The summed E-state index contributed by atoms with van der Waals surface area (Å²) in [5, 5.41) is 1.88. The predicted molar refractivity (Wildman–Crippen MR) is 50.0 cm³/mol. The number of hydrogen-bond acceptors (Lipinski definition) is 3. The number of allylic oxidation sites excluding steroid dienone is 1. The van der Waals surface area contributed by atoms with Gasteiger partial charge in [0.15, 0.2) is 0 Å². The lowest BCUT2D eigenvalue weighted by atomic mass is 10.4. The molecule has 1 aliphatic rings. The van der Waals surface area contributed by atoms with Crippen molar-refractivity contribution in [1.29, 1.82) is 0 Å². The summed E-state index contributed by atoms with van der Waals surface area (Å²) in [6, 6.07) is 0. The second-order valence-corrected chi connectivity index (χ2v) is 2.89. The Morgan fingerprint density at radius 2 is 2.23 bits per heavy atom. The highest BCUT2D eigenvalue weighted by Crippen LogP contribution is 1.92. The van der Waals surface area contributed by atoms with Crippen LogP contribution in [0.5, 0.6) is 0 Å². The maximum Gasteiger partial charge on any atom is 0.257 e. The van der Waals surface area contributed by atoms with E-state index < -0.39 is 0 Å². The van der Waals surface area contributed by atoms with Crippen molar-refractivity contribution < 1.29 is 9.53 Å². The summed E-state index contributed by atoms with van der Waals surface area (Å²) in [6.45, 7) is 4.92. The second-order valence-electron chi connectivity index (χ2n) is 2.89. The normalized spacial score (nSPS) is 19.2. The van der Waals surface area contributed by atoms with Gasteiger partial charge in [0.05, 0.1) is 13.2 Å². The fourth-order valence-electron chi connectivity index (χ4n) is 1.09. The molecule has 13 heavy (non-hydrogen) atoms. The highest BCUT2D eigenvalue weighted by Gasteiger charge is 2.10. The molecule has 4 nitrogen and oxygen atoms in total. The number of nitrogens with one attached hydrogen (secondary N) is 1. The van der Waals surface area contributed by atoms with E-state index in [0.717, 1.165) is 19.5 Å². The van der Waals surface area contributed by atoms with E-state index >= 15 is 0 Å². The van der Waals surface area contributed by atoms with Crippen molar-refractivity contribution in [1.82, 2.24) is 10.4 Å². The molecule has 0 aromatic carbocycles. The van der Waals surface area contributed by atoms with E-state index in [1.807, 2.05) is 18.0 Å². The molecule has 0 atom stereocenters. The molecule has 0 bridgehead atoms. The van der Waals surface area contributed by atoms with Crippen LogP contribution in [0.3, 0.4) is 0 Å². The van der Waals surface area contributed by atoms with E-state index in [4.69, 9.17) is 4.74 Å². The zero-order valence-electron chi connectivity index (χ0n) is 7.95. The zero-order chi connectivity index (χ0) is 9.52. The molecule has 1 saturated heterocycles. The lowest BCUT2D eigenvalue weighted by Crippen LogP contribution is -2.47. The van der Waals surface area contributed by atoms with Crippen LogP contribution < -0.4 is 5.43 Å². The van der Waals surface area contributed by atoms with Gasteiger partial charge in [0, 0.05) is 19.2 Å². The first-order chi connectivity index (χ1) is 6.33. The number of hydrazine groups is 1. The standard InChI is InChI=1S/C9H16N2O2/c1-2-3-4-9(12)10-11-5-7-13-8-6-11/h3-4H,2,5-8H2,1H3,(H,10,12). The number of morpholine rings is 1. The molecule has 0 aromatic heterocycles. The van der Waals surface area contributed by atoms with Crippen LogP contribution in [-0.2, 0) is 9.53 Å². The van der Waals surface area contributed by atoms with Gasteiger partial charge in [-0.1, -0.05) is 13.0 Å². The third-order valence-electron chi connectivity index (χ3n) is 1.78. The van der Waals surface area contributed by atoms with Crippen molar-refractivity contribution in [3.63, 3.8) is 0 Å². The van der Waals surface area contributed by atoms with Crippen molar-refractivity contribution in [3.8, 4) is 0 Å². The van der Waals surface area contributed by atoms with Gasteiger partial charge >= 0.3 is 0 Å². The second kappa shape index (κ2) is 5.72. The Kier molecular flexibility index (Phi) is 4.49. The van der Waals surface area contributed by atoms with Gasteiger partial charge in [0.2, 0.25) is 0 Å². The SMILES string of the molecule is CCC=CC(=O)NN1CCOCC1. The van der Waals surface area contributed by atoms with Gasteiger partial charge in [-0.25, -0.2) is 5.01 Å². The van der Waals surface area contributed by atoms with E-state index in [-0.39, 0.29) is 5.91 Å². The summed E-state index contributed by atoms with van der Waals surface area (Å²) in [4.78, 5) is 11.2. The highest BCUT2D eigenvalue weighted by molar-refractivity contribution is 5.86. The monoisotopic (exact) mass is 184 g/mol. The lowest BCUT2D eigenvalue weighted by molar-refractivity contribution is -0.123. The molecule has 1 rings (SSSR count). The molecule has 0 unspecified atom stereocenters. The molecule has 4 heteroatoms. The quantitative estimate of drug-likeness (QED) is 0.642. The Hall–Kier alpha value is -0.870. The topological polar surface area (TPSA) is 41.6 Å². The number of hydrogen-bond donors (Lipinski definition) is 1. The van der Waals surface area contributed by atoms with Gasteiger partial charge < -0.3 is 4.74 Å². The minimum atomic E-state index is -0.0521. The summed E-state index contributed by atoms with van der Waals surface area (Å²) in [5.41, 5.74) is 2.78. The summed E-state index contributed by atoms with van der Waals surface area (Å²) in [7, 11) is 0. The molecule has 0 saturated carbocycles. The molecule has 0 aromatic rings.